The molecule has 1 aliphatic heterocycles. The molecule has 0 aromatic heterocycles. The molecule has 0 spiro atoms. The number of carbonyl (C=O) groups is 1. The first-order valence-corrected chi connectivity index (χ1v) is 5.80. The van der Waals surface area contributed by atoms with Crippen molar-refractivity contribution in [2.75, 3.05) is 26.8 Å². The molecule has 1 atom stereocenters. The van der Waals surface area contributed by atoms with Crippen LogP contribution in [0.4, 0.5) is 0 Å². The van der Waals surface area contributed by atoms with Crippen molar-refractivity contribution < 1.29 is 9.53 Å². The van der Waals surface area contributed by atoms with Crippen LogP contribution >= 0.6 is 0 Å². The van der Waals surface area contributed by atoms with Gasteiger partial charge in [0.25, 0.3) is 0 Å². The lowest BCUT2D eigenvalue weighted by Gasteiger charge is -2.33. The average Bonchev–Trinajstić information content (AvgIpc) is 2.27. The minimum absolute atomic E-state index is 0.437. The summed E-state index contributed by atoms with van der Waals surface area (Å²) >= 11 is 0. The van der Waals surface area contributed by atoms with E-state index in [1.54, 1.807) is 6.92 Å². The summed E-state index contributed by atoms with van der Waals surface area (Å²) in [6.07, 6.45) is 2.69. The smallest absolute Gasteiger partial charge is 0.237 e. The number of hydrogen-bond donors (Lipinski definition) is 2. The molecule has 1 unspecified atom stereocenters. The summed E-state index contributed by atoms with van der Waals surface area (Å²) in [5, 5.41) is 0. The molecule has 1 saturated heterocycles. The molecular weight excluding hydrogens is 206 g/mol. The third-order valence-corrected chi connectivity index (χ3v) is 3.36. The first kappa shape index (κ1) is 13.4. The predicted molar refractivity (Wildman–Crippen MR) is 62.9 cm³/mol. The Morgan fingerprint density at radius 3 is 2.56 bits per heavy atom. The number of amides is 1. The van der Waals surface area contributed by atoms with Crippen LogP contribution in [-0.2, 0) is 9.53 Å². The fraction of sp³-hybridized carbons (Fsp3) is 0.909. The van der Waals surface area contributed by atoms with Crippen molar-refractivity contribution >= 4 is 5.91 Å². The lowest BCUT2D eigenvalue weighted by molar-refractivity contribution is -0.122. The fourth-order valence-electron chi connectivity index (χ4n) is 1.84. The Bertz CT molecular complexity index is 237. The number of primary amides is 1. The average molecular weight is 229 g/mol. The molecule has 5 heteroatoms. The van der Waals surface area contributed by atoms with Gasteiger partial charge in [-0.1, -0.05) is 0 Å². The van der Waals surface area contributed by atoms with E-state index in [1.807, 2.05) is 0 Å². The quantitative estimate of drug-likeness (QED) is 0.677. The van der Waals surface area contributed by atoms with Crippen molar-refractivity contribution in [1.82, 2.24) is 4.90 Å². The van der Waals surface area contributed by atoms with Crippen LogP contribution in [0.15, 0.2) is 0 Å². The summed E-state index contributed by atoms with van der Waals surface area (Å²) < 4.78 is 5.31. The summed E-state index contributed by atoms with van der Waals surface area (Å²) in [5.41, 5.74) is 10.1. The third-order valence-electron chi connectivity index (χ3n) is 3.36. The van der Waals surface area contributed by atoms with Crippen LogP contribution in [0.3, 0.4) is 0 Å². The predicted octanol–water partition coefficient (Wildman–Crippen LogP) is -0.310. The second kappa shape index (κ2) is 5.61. The van der Waals surface area contributed by atoms with Gasteiger partial charge >= 0.3 is 0 Å². The van der Waals surface area contributed by atoms with Gasteiger partial charge in [0.15, 0.2) is 0 Å². The molecule has 94 valence electrons. The summed E-state index contributed by atoms with van der Waals surface area (Å²) in [6.45, 7) is 4.13. The minimum Gasteiger partial charge on any atom is -0.381 e. The van der Waals surface area contributed by atoms with Gasteiger partial charge in [-0.2, -0.15) is 0 Å². The number of nitrogens with two attached hydrogens (primary N) is 2. The Kier molecular flexibility index (Phi) is 4.70. The van der Waals surface area contributed by atoms with E-state index in [4.69, 9.17) is 16.2 Å². The van der Waals surface area contributed by atoms with E-state index in [0.29, 0.717) is 12.5 Å². The zero-order chi connectivity index (χ0) is 12.2. The summed E-state index contributed by atoms with van der Waals surface area (Å²) in [4.78, 5) is 13.3. The van der Waals surface area contributed by atoms with Gasteiger partial charge in [0, 0.05) is 25.8 Å². The Hall–Kier alpha value is -0.650. The van der Waals surface area contributed by atoms with Gasteiger partial charge in [0.2, 0.25) is 5.91 Å². The molecule has 1 rings (SSSR count). The van der Waals surface area contributed by atoms with Gasteiger partial charge in [0.05, 0.1) is 5.54 Å². The molecule has 0 aromatic carbocycles. The normalized spacial score (nSPS) is 22.0. The Morgan fingerprint density at radius 1 is 1.50 bits per heavy atom. The molecule has 0 bridgehead atoms. The second-order valence-corrected chi connectivity index (χ2v) is 4.86. The molecule has 1 amide bonds. The number of carbonyl (C=O) groups excluding carboxylic acids is 1. The first-order valence-electron chi connectivity index (χ1n) is 5.80. The molecule has 1 fully saturated rings. The van der Waals surface area contributed by atoms with Gasteiger partial charge in [-0.05, 0) is 33.2 Å². The summed E-state index contributed by atoms with van der Waals surface area (Å²) in [6, 6.07) is 0.539. The number of hydrogen-bond acceptors (Lipinski definition) is 4. The zero-order valence-corrected chi connectivity index (χ0v) is 10.2. The van der Waals surface area contributed by atoms with E-state index >= 15 is 0 Å². The van der Waals surface area contributed by atoms with Crippen molar-refractivity contribution in [1.29, 1.82) is 0 Å². The van der Waals surface area contributed by atoms with Crippen molar-refractivity contribution in [2.45, 2.75) is 37.8 Å². The molecule has 16 heavy (non-hydrogen) atoms. The van der Waals surface area contributed by atoms with Crippen LogP contribution in [-0.4, -0.2) is 49.2 Å². The first-order chi connectivity index (χ1) is 7.43. The van der Waals surface area contributed by atoms with Crippen LogP contribution in [0, 0.1) is 0 Å². The lowest BCUT2D eigenvalue weighted by Crippen LogP contribution is -2.51. The number of nitrogens with zero attached hydrogens (tertiary/aromatic N) is 1. The standard InChI is InChI=1S/C11H23N3O2/c1-11(13,10(12)15)5-6-14(2)9-3-7-16-8-4-9/h9H,3-8,13H2,1-2H3,(H2,12,15). The lowest BCUT2D eigenvalue weighted by atomic mass is 9.97. The molecule has 0 aromatic rings. The van der Waals surface area contributed by atoms with Crippen LogP contribution in [0.25, 0.3) is 0 Å². The highest BCUT2D eigenvalue weighted by Gasteiger charge is 2.27. The molecular formula is C11H23N3O2. The van der Waals surface area contributed by atoms with E-state index in [1.165, 1.54) is 0 Å². The van der Waals surface area contributed by atoms with Crippen molar-refractivity contribution in [3.63, 3.8) is 0 Å². The second-order valence-electron chi connectivity index (χ2n) is 4.86. The van der Waals surface area contributed by atoms with E-state index in [2.05, 4.69) is 11.9 Å². The molecule has 1 aliphatic rings. The van der Waals surface area contributed by atoms with Gasteiger partial charge in [-0.25, -0.2) is 0 Å². The molecule has 0 radical (unpaired) electrons. The molecule has 4 N–H and O–H groups in total. The SMILES string of the molecule is CN(CCC(C)(N)C(N)=O)C1CCOCC1. The van der Waals surface area contributed by atoms with Gasteiger partial charge in [0.1, 0.15) is 0 Å². The Labute approximate surface area is 97.1 Å². The molecule has 1 heterocycles. The van der Waals surface area contributed by atoms with Crippen LogP contribution in [0.2, 0.25) is 0 Å². The van der Waals surface area contributed by atoms with Gasteiger partial charge in [-0.3, -0.25) is 4.79 Å². The van der Waals surface area contributed by atoms with Crippen LogP contribution < -0.4 is 11.5 Å². The van der Waals surface area contributed by atoms with Crippen LogP contribution in [0.5, 0.6) is 0 Å². The van der Waals surface area contributed by atoms with Crippen molar-refractivity contribution in [3.8, 4) is 0 Å². The largest absolute Gasteiger partial charge is 0.381 e. The Morgan fingerprint density at radius 2 is 2.06 bits per heavy atom. The minimum atomic E-state index is -0.903. The highest BCUT2D eigenvalue weighted by atomic mass is 16.5. The van der Waals surface area contributed by atoms with Gasteiger partial charge in [-0.15, -0.1) is 0 Å². The number of rotatable bonds is 5. The maximum absolute atomic E-state index is 11.1. The topological polar surface area (TPSA) is 81.6 Å². The molecule has 5 nitrogen and oxygen atoms in total. The third kappa shape index (κ3) is 3.73. The molecule has 0 saturated carbocycles. The Balaban J connectivity index is 2.33. The van der Waals surface area contributed by atoms with E-state index < -0.39 is 11.4 Å². The van der Waals surface area contributed by atoms with E-state index in [9.17, 15) is 4.79 Å². The maximum Gasteiger partial charge on any atom is 0.237 e. The maximum atomic E-state index is 11.1. The van der Waals surface area contributed by atoms with E-state index in [0.717, 1.165) is 32.6 Å². The van der Waals surface area contributed by atoms with Crippen molar-refractivity contribution in [2.24, 2.45) is 11.5 Å². The highest BCUT2D eigenvalue weighted by Crippen LogP contribution is 2.14. The van der Waals surface area contributed by atoms with E-state index in [-0.39, 0.29) is 0 Å². The summed E-state index contributed by atoms with van der Waals surface area (Å²) in [5.74, 6) is -0.437. The van der Waals surface area contributed by atoms with Gasteiger partial charge < -0.3 is 21.1 Å². The fourth-order valence-corrected chi connectivity index (χ4v) is 1.84. The highest BCUT2D eigenvalue weighted by molar-refractivity contribution is 5.83. The molecule has 0 aliphatic carbocycles. The van der Waals surface area contributed by atoms with Crippen molar-refractivity contribution in [3.05, 3.63) is 0 Å². The van der Waals surface area contributed by atoms with Crippen LogP contribution in [0.1, 0.15) is 26.2 Å². The summed E-state index contributed by atoms with van der Waals surface area (Å²) in [7, 11) is 2.06. The monoisotopic (exact) mass is 229 g/mol. The number of ether oxygens (including phenoxy) is 1. The zero-order valence-electron chi connectivity index (χ0n) is 10.2.